The van der Waals surface area contributed by atoms with Crippen LogP contribution in [0.4, 0.5) is 13.2 Å². The number of nitrogens with zero attached hydrogens (tertiary/aromatic N) is 1. The zero-order valence-electron chi connectivity index (χ0n) is 22.5. The van der Waals surface area contributed by atoms with E-state index in [-0.39, 0.29) is 17.6 Å². The standard InChI is InChI=1S/C32H39F3N2O2/c33-32(34,35)39-31-9-5-4-8-28(31)24-13-17-30-29(19-24)25(21-37(30)20-23-6-2-1-3-7-23)12-16-27(38)18-22-10-14-26(36)15-11-22/h4-5,8-9,13,17,19,21-23,26H,1-3,6-7,10-12,14-16,18,20,36H2. The average molecular weight is 541 g/mol. The molecule has 2 fully saturated rings. The van der Waals surface area contributed by atoms with Gasteiger partial charge in [0.1, 0.15) is 11.5 Å². The number of ketones is 1. The number of rotatable bonds is 9. The van der Waals surface area contributed by atoms with Gasteiger partial charge in [0.05, 0.1) is 0 Å². The molecule has 1 aromatic heterocycles. The van der Waals surface area contributed by atoms with Crippen molar-refractivity contribution >= 4 is 16.7 Å². The van der Waals surface area contributed by atoms with Crippen LogP contribution in [0.15, 0.2) is 48.7 Å². The Kier molecular flexibility index (Phi) is 8.65. The van der Waals surface area contributed by atoms with Gasteiger partial charge in [-0.3, -0.25) is 4.79 Å². The zero-order valence-corrected chi connectivity index (χ0v) is 22.5. The van der Waals surface area contributed by atoms with Gasteiger partial charge >= 0.3 is 6.36 Å². The largest absolute Gasteiger partial charge is 0.573 e. The van der Waals surface area contributed by atoms with Gasteiger partial charge in [-0.1, -0.05) is 43.5 Å². The number of alkyl halides is 3. The first kappa shape index (κ1) is 27.8. The average Bonchev–Trinajstić information content (AvgIpc) is 3.25. The second-order valence-electron chi connectivity index (χ2n) is 11.6. The van der Waals surface area contributed by atoms with E-state index in [0.717, 1.165) is 48.7 Å². The molecule has 39 heavy (non-hydrogen) atoms. The highest BCUT2D eigenvalue weighted by Gasteiger charge is 2.32. The van der Waals surface area contributed by atoms with E-state index in [0.29, 0.717) is 42.2 Å². The van der Waals surface area contributed by atoms with Crippen LogP contribution in [0.3, 0.4) is 0 Å². The molecule has 0 atom stereocenters. The van der Waals surface area contributed by atoms with Crippen LogP contribution in [0.1, 0.15) is 76.2 Å². The minimum Gasteiger partial charge on any atom is -0.405 e. The molecule has 0 spiro atoms. The number of ether oxygens (including phenoxy) is 1. The number of carbonyl (C=O) groups excluding carboxylic acids is 1. The summed E-state index contributed by atoms with van der Waals surface area (Å²) in [4.78, 5) is 12.9. The number of benzene rings is 2. The fourth-order valence-corrected chi connectivity index (χ4v) is 6.55. The fraction of sp³-hybridized carbons (Fsp3) is 0.531. The first-order chi connectivity index (χ1) is 18.7. The molecule has 2 aliphatic carbocycles. The van der Waals surface area contributed by atoms with Crippen LogP contribution in [-0.2, 0) is 17.8 Å². The molecular formula is C32H39F3N2O2. The summed E-state index contributed by atoms with van der Waals surface area (Å²) in [5, 5.41) is 1.00. The van der Waals surface area contributed by atoms with Crippen molar-refractivity contribution in [3.63, 3.8) is 0 Å². The predicted molar refractivity (Wildman–Crippen MR) is 149 cm³/mol. The Morgan fingerprint density at radius 3 is 2.44 bits per heavy atom. The molecule has 0 bridgehead atoms. The summed E-state index contributed by atoms with van der Waals surface area (Å²) in [6.45, 7) is 0.930. The first-order valence-corrected chi connectivity index (χ1v) is 14.5. The zero-order chi connectivity index (χ0) is 27.4. The van der Waals surface area contributed by atoms with Crippen molar-refractivity contribution in [3.05, 3.63) is 54.2 Å². The Labute approximate surface area is 228 Å². The van der Waals surface area contributed by atoms with Crippen LogP contribution in [0.2, 0.25) is 0 Å². The van der Waals surface area contributed by atoms with E-state index in [1.54, 1.807) is 18.2 Å². The van der Waals surface area contributed by atoms with Crippen LogP contribution in [0.25, 0.3) is 22.0 Å². The lowest BCUT2D eigenvalue weighted by atomic mass is 9.83. The molecule has 5 rings (SSSR count). The lowest BCUT2D eigenvalue weighted by Crippen LogP contribution is -2.27. The van der Waals surface area contributed by atoms with Crippen LogP contribution >= 0.6 is 0 Å². The lowest BCUT2D eigenvalue weighted by Gasteiger charge is -2.25. The van der Waals surface area contributed by atoms with E-state index in [4.69, 9.17) is 5.73 Å². The summed E-state index contributed by atoms with van der Waals surface area (Å²) in [5.41, 5.74) is 9.25. The number of nitrogens with two attached hydrogens (primary N) is 1. The smallest absolute Gasteiger partial charge is 0.405 e. The number of fused-ring (bicyclic) bond motifs is 1. The van der Waals surface area contributed by atoms with Gasteiger partial charge in [0.25, 0.3) is 0 Å². The Bertz CT molecular complexity index is 1270. The molecular weight excluding hydrogens is 501 g/mol. The Balaban J connectivity index is 1.41. The normalized spacial score (nSPS) is 20.8. The van der Waals surface area contributed by atoms with E-state index < -0.39 is 6.36 Å². The second kappa shape index (κ2) is 12.2. The summed E-state index contributed by atoms with van der Waals surface area (Å²) >= 11 is 0. The van der Waals surface area contributed by atoms with E-state index in [2.05, 4.69) is 15.5 Å². The summed E-state index contributed by atoms with van der Waals surface area (Å²) < 4.78 is 45.9. The molecule has 4 nitrogen and oxygen atoms in total. The van der Waals surface area contributed by atoms with Gasteiger partial charge in [0, 0.05) is 48.1 Å². The number of hydrogen-bond donors (Lipinski definition) is 1. The van der Waals surface area contributed by atoms with Gasteiger partial charge in [-0.2, -0.15) is 0 Å². The summed E-state index contributed by atoms with van der Waals surface area (Å²) in [6.07, 6.45) is 9.43. The quantitative estimate of drug-likeness (QED) is 0.298. The SMILES string of the molecule is NC1CCC(CC(=O)CCc2cn(CC3CCCCC3)c3ccc(-c4ccccc4OC(F)(F)F)cc23)CC1. The predicted octanol–water partition coefficient (Wildman–Crippen LogP) is 8.20. The number of carbonyl (C=O) groups is 1. The fourth-order valence-electron chi connectivity index (χ4n) is 6.55. The highest BCUT2D eigenvalue weighted by molar-refractivity contribution is 5.90. The van der Waals surface area contributed by atoms with Gasteiger partial charge in [-0.15, -0.1) is 13.2 Å². The van der Waals surface area contributed by atoms with Crippen molar-refractivity contribution < 1.29 is 22.7 Å². The molecule has 0 unspecified atom stereocenters. The topological polar surface area (TPSA) is 57.2 Å². The van der Waals surface area contributed by atoms with Crippen molar-refractivity contribution in [1.29, 1.82) is 0 Å². The number of halogens is 3. The first-order valence-electron chi connectivity index (χ1n) is 14.5. The van der Waals surface area contributed by atoms with Crippen LogP contribution in [0.5, 0.6) is 5.75 Å². The van der Waals surface area contributed by atoms with Gasteiger partial charge in [0.2, 0.25) is 0 Å². The Hall–Kier alpha value is -2.80. The monoisotopic (exact) mass is 540 g/mol. The van der Waals surface area contributed by atoms with E-state index >= 15 is 0 Å². The van der Waals surface area contributed by atoms with E-state index in [9.17, 15) is 18.0 Å². The highest BCUT2D eigenvalue weighted by Crippen LogP contribution is 2.37. The molecule has 2 aliphatic rings. The molecule has 210 valence electrons. The molecule has 0 saturated heterocycles. The van der Waals surface area contributed by atoms with Crippen LogP contribution < -0.4 is 10.5 Å². The van der Waals surface area contributed by atoms with Crippen molar-refractivity contribution in [2.75, 3.05) is 0 Å². The summed E-state index contributed by atoms with van der Waals surface area (Å²) in [7, 11) is 0. The summed E-state index contributed by atoms with van der Waals surface area (Å²) in [5.74, 6) is 1.13. The van der Waals surface area contributed by atoms with E-state index in [1.165, 1.54) is 38.2 Å². The molecule has 2 saturated carbocycles. The minimum atomic E-state index is -4.77. The van der Waals surface area contributed by atoms with Gasteiger partial charge in [0.15, 0.2) is 0 Å². The van der Waals surface area contributed by atoms with Crippen molar-refractivity contribution in [2.24, 2.45) is 17.6 Å². The third-order valence-electron chi connectivity index (χ3n) is 8.65. The third-order valence-corrected chi connectivity index (χ3v) is 8.65. The minimum absolute atomic E-state index is 0.213. The van der Waals surface area contributed by atoms with Gasteiger partial charge in [-0.25, -0.2) is 0 Å². The number of para-hydroxylation sites is 1. The van der Waals surface area contributed by atoms with Crippen molar-refractivity contribution in [1.82, 2.24) is 4.57 Å². The summed E-state index contributed by atoms with van der Waals surface area (Å²) in [6, 6.07) is 12.4. The van der Waals surface area contributed by atoms with E-state index in [1.807, 2.05) is 18.2 Å². The Morgan fingerprint density at radius 1 is 0.949 bits per heavy atom. The molecule has 0 radical (unpaired) electrons. The molecule has 1 heterocycles. The maximum absolute atomic E-state index is 13.1. The van der Waals surface area contributed by atoms with Crippen molar-refractivity contribution in [3.8, 4) is 16.9 Å². The lowest BCUT2D eigenvalue weighted by molar-refractivity contribution is -0.274. The number of aromatic nitrogens is 1. The molecule has 0 aliphatic heterocycles. The number of hydrogen-bond acceptors (Lipinski definition) is 3. The van der Waals surface area contributed by atoms with Gasteiger partial charge in [-0.05, 0) is 86.1 Å². The van der Waals surface area contributed by atoms with Crippen LogP contribution in [0, 0.1) is 11.8 Å². The number of aryl methyl sites for hydroxylation is 1. The highest BCUT2D eigenvalue weighted by atomic mass is 19.4. The third kappa shape index (κ3) is 7.24. The number of Topliss-reactive ketones (excluding diaryl/α,β-unsaturated/α-hetero) is 1. The van der Waals surface area contributed by atoms with Crippen LogP contribution in [-0.4, -0.2) is 22.8 Å². The molecule has 7 heteroatoms. The second-order valence-corrected chi connectivity index (χ2v) is 11.6. The van der Waals surface area contributed by atoms with Crippen molar-refractivity contribution in [2.45, 2.75) is 96.0 Å². The Morgan fingerprint density at radius 2 is 1.69 bits per heavy atom. The maximum atomic E-state index is 13.1. The molecule has 2 N–H and O–H groups in total. The van der Waals surface area contributed by atoms with Gasteiger partial charge < -0.3 is 15.0 Å². The molecule has 3 aromatic rings. The molecule has 2 aromatic carbocycles. The molecule has 0 amide bonds. The maximum Gasteiger partial charge on any atom is 0.573 e.